The van der Waals surface area contributed by atoms with Crippen LogP contribution in [0.25, 0.3) is 6.08 Å². The largest absolute Gasteiger partial charge is 0.251 e. The van der Waals surface area contributed by atoms with Crippen LogP contribution in [-0.2, 0) is 16.6 Å². The van der Waals surface area contributed by atoms with Crippen LogP contribution in [0.4, 0.5) is 0 Å². The molecular formula is C15H20N4O2S. The number of sulfonamides is 1. The molecule has 0 saturated heterocycles. The summed E-state index contributed by atoms with van der Waals surface area (Å²) in [5.41, 5.74) is 0.838. The number of nitrogens with one attached hydrogen (secondary N) is 1. The Hall–Kier alpha value is -1.99. The standard InChI is InChI=1S/C15H20N4O2S/c1-13(2)15(12-19-10-9-16-18-19)17-22(20,21)11-8-14-6-4-3-5-7-14/h3-11,13,15,17H,12H2,1-2H3/b11-8+. The third kappa shape index (κ3) is 5.09. The highest BCUT2D eigenvalue weighted by molar-refractivity contribution is 7.92. The Morgan fingerprint density at radius 2 is 2.00 bits per heavy atom. The summed E-state index contributed by atoms with van der Waals surface area (Å²) < 4.78 is 28.7. The van der Waals surface area contributed by atoms with Crippen molar-refractivity contribution in [1.82, 2.24) is 19.7 Å². The van der Waals surface area contributed by atoms with Gasteiger partial charge in [0, 0.05) is 17.6 Å². The normalized spacial score (nSPS) is 13.8. The summed E-state index contributed by atoms with van der Waals surface area (Å²) in [7, 11) is -3.52. The van der Waals surface area contributed by atoms with Gasteiger partial charge in [0.05, 0.1) is 12.7 Å². The number of rotatable bonds is 7. The lowest BCUT2D eigenvalue weighted by Crippen LogP contribution is -2.40. The Bertz CT molecular complexity index is 694. The minimum atomic E-state index is -3.52. The third-order valence-electron chi connectivity index (χ3n) is 3.22. The van der Waals surface area contributed by atoms with Gasteiger partial charge in [-0.15, -0.1) is 5.10 Å². The highest BCUT2D eigenvalue weighted by atomic mass is 32.2. The van der Waals surface area contributed by atoms with Gasteiger partial charge in [-0.3, -0.25) is 4.68 Å². The maximum absolute atomic E-state index is 12.2. The molecule has 1 unspecified atom stereocenters. The van der Waals surface area contributed by atoms with E-state index in [1.54, 1.807) is 23.2 Å². The second-order valence-electron chi connectivity index (χ2n) is 5.35. The lowest BCUT2D eigenvalue weighted by atomic mass is 10.1. The van der Waals surface area contributed by atoms with E-state index in [0.717, 1.165) is 5.56 Å². The molecule has 0 spiro atoms. The van der Waals surface area contributed by atoms with Gasteiger partial charge in [0.1, 0.15) is 0 Å². The van der Waals surface area contributed by atoms with E-state index in [-0.39, 0.29) is 12.0 Å². The van der Waals surface area contributed by atoms with Gasteiger partial charge >= 0.3 is 0 Å². The van der Waals surface area contributed by atoms with Crippen molar-refractivity contribution < 1.29 is 8.42 Å². The van der Waals surface area contributed by atoms with Crippen LogP contribution in [0.1, 0.15) is 19.4 Å². The first-order valence-corrected chi connectivity index (χ1v) is 8.60. The fraction of sp³-hybridized carbons (Fsp3) is 0.333. The van der Waals surface area contributed by atoms with E-state index in [2.05, 4.69) is 15.0 Å². The maximum Gasteiger partial charge on any atom is 0.234 e. The van der Waals surface area contributed by atoms with Crippen LogP contribution in [0.15, 0.2) is 48.1 Å². The Balaban J connectivity index is 2.06. The van der Waals surface area contributed by atoms with Crippen LogP contribution in [0, 0.1) is 5.92 Å². The van der Waals surface area contributed by atoms with Gasteiger partial charge in [0.15, 0.2) is 0 Å². The van der Waals surface area contributed by atoms with Crippen molar-refractivity contribution in [3.05, 3.63) is 53.7 Å². The van der Waals surface area contributed by atoms with Crippen molar-refractivity contribution in [3.8, 4) is 0 Å². The first kappa shape index (κ1) is 16.4. The molecule has 0 aliphatic carbocycles. The molecule has 1 aromatic carbocycles. The quantitative estimate of drug-likeness (QED) is 0.845. The molecule has 0 radical (unpaired) electrons. The van der Waals surface area contributed by atoms with Crippen LogP contribution >= 0.6 is 0 Å². The number of aromatic nitrogens is 3. The van der Waals surface area contributed by atoms with Crippen molar-refractivity contribution in [1.29, 1.82) is 0 Å². The molecule has 0 saturated carbocycles. The molecule has 2 aromatic rings. The van der Waals surface area contributed by atoms with Crippen molar-refractivity contribution in [2.45, 2.75) is 26.4 Å². The van der Waals surface area contributed by atoms with Gasteiger partial charge in [-0.25, -0.2) is 13.1 Å². The van der Waals surface area contributed by atoms with Gasteiger partial charge in [0.2, 0.25) is 10.0 Å². The second kappa shape index (κ2) is 7.33. The molecule has 0 fully saturated rings. The van der Waals surface area contributed by atoms with Crippen LogP contribution in [0.2, 0.25) is 0 Å². The first-order chi connectivity index (χ1) is 10.5. The molecule has 7 heteroatoms. The predicted molar refractivity (Wildman–Crippen MR) is 86.2 cm³/mol. The first-order valence-electron chi connectivity index (χ1n) is 7.06. The summed E-state index contributed by atoms with van der Waals surface area (Å²) in [4.78, 5) is 0. The lowest BCUT2D eigenvalue weighted by molar-refractivity contribution is 0.380. The zero-order valence-corrected chi connectivity index (χ0v) is 13.4. The van der Waals surface area contributed by atoms with Crippen molar-refractivity contribution in [3.63, 3.8) is 0 Å². The zero-order chi connectivity index (χ0) is 16.0. The molecule has 0 aliphatic heterocycles. The van der Waals surface area contributed by atoms with Crippen molar-refractivity contribution in [2.24, 2.45) is 5.92 Å². The van der Waals surface area contributed by atoms with Crippen molar-refractivity contribution in [2.75, 3.05) is 0 Å². The highest BCUT2D eigenvalue weighted by Crippen LogP contribution is 2.08. The Morgan fingerprint density at radius 1 is 1.27 bits per heavy atom. The molecule has 2 rings (SSSR count). The van der Waals surface area contributed by atoms with Crippen LogP contribution in [0.3, 0.4) is 0 Å². The Kier molecular flexibility index (Phi) is 5.46. The summed E-state index contributed by atoms with van der Waals surface area (Å²) >= 11 is 0. The summed E-state index contributed by atoms with van der Waals surface area (Å²) in [6.07, 6.45) is 4.86. The summed E-state index contributed by atoms with van der Waals surface area (Å²) in [5, 5.41) is 8.80. The minimum absolute atomic E-state index is 0.129. The van der Waals surface area contributed by atoms with Gasteiger partial charge in [-0.1, -0.05) is 49.4 Å². The fourth-order valence-electron chi connectivity index (χ4n) is 1.90. The maximum atomic E-state index is 12.2. The summed E-state index contributed by atoms with van der Waals surface area (Å²) in [5.74, 6) is 0.129. The Morgan fingerprint density at radius 3 is 2.59 bits per heavy atom. The monoisotopic (exact) mass is 320 g/mol. The van der Waals surface area contributed by atoms with E-state index < -0.39 is 10.0 Å². The molecule has 1 N–H and O–H groups in total. The van der Waals surface area contributed by atoms with Gasteiger partial charge < -0.3 is 0 Å². The average Bonchev–Trinajstić information content (AvgIpc) is 2.98. The van der Waals surface area contributed by atoms with E-state index in [0.29, 0.717) is 6.54 Å². The predicted octanol–water partition coefficient (Wildman–Crippen LogP) is 1.89. The molecule has 6 nitrogen and oxygen atoms in total. The van der Waals surface area contributed by atoms with Gasteiger partial charge in [-0.05, 0) is 17.6 Å². The molecule has 0 aliphatic rings. The van der Waals surface area contributed by atoms with Crippen molar-refractivity contribution >= 4 is 16.1 Å². The molecule has 1 heterocycles. The smallest absolute Gasteiger partial charge is 0.234 e. The average molecular weight is 320 g/mol. The highest BCUT2D eigenvalue weighted by Gasteiger charge is 2.19. The fourth-order valence-corrected chi connectivity index (χ4v) is 3.08. The van der Waals surface area contributed by atoms with Gasteiger partial charge in [0.25, 0.3) is 0 Å². The molecule has 22 heavy (non-hydrogen) atoms. The van der Waals surface area contributed by atoms with E-state index in [1.807, 2.05) is 44.2 Å². The molecule has 1 aromatic heterocycles. The van der Waals surface area contributed by atoms with E-state index >= 15 is 0 Å². The Labute approximate surface area is 130 Å². The van der Waals surface area contributed by atoms with Crippen LogP contribution < -0.4 is 4.72 Å². The second-order valence-corrected chi connectivity index (χ2v) is 6.95. The minimum Gasteiger partial charge on any atom is -0.251 e. The molecule has 0 bridgehead atoms. The number of benzene rings is 1. The summed E-state index contributed by atoms with van der Waals surface area (Å²) in [6.45, 7) is 4.37. The topological polar surface area (TPSA) is 76.9 Å². The molecular weight excluding hydrogens is 300 g/mol. The number of hydrogen-bond donors (Lipinski definition) is 1. The molecule has 1 atom stereocenters. The number of nitrogens with zero attached hydrogens (tertiary/aromatic N) is 3. The van der Waals surface area contributed by atoms with E-state index in [4.69, 9.17) is 0 Å². The SMILES string of the molecule is CC(C)C(Cn1ccnn1)NS(=O)(=O)/C=C/c1ccccc1. The third-order valence-corrected chi connectivity index (χ3v) is 4.34. The van der Waals surface area contributed by atoms with Crippen LogP contribution in [-0.4, -0.2) is 29.5 Å². The number of hydrogen-bond acceptors (Lipinski definition) is 4. The van der Waals surface area contributed by atoms with Gasteiger partial charge in [-0.2, -0.15) is 0 Å². The van der Waals surface area contributed by atoms with E-state index in [9.17, 15) is 8.42 Å². The lowest BCUT2D eigenvalue weighted by Gasteiger charge is -2.21. The van der Waals surface area contributed by atoms with E-state index in [1.165, 1.54) is 5.41 Å². The molecule has 0 amide bonds. The summed E-state index contributed by atoms with van der Waals surface area (Å²) in [6, 6.07) is 9.05. The van der Waals surface area contributed by atoms with Crippen LogP contribution in [0.5, 0.6) is 0 Å². The zero-order valence-electron chi connectivity index (χ0n) is 12.6. The molecule has 118 valence electrons.